The van der Waals surface area contributed by atoms with Crippen molar-refractivity contribution in [3.05, 3.63) is 30.0 Å². The number of aryl methyl sites for hydroxylation is 1. The molecule has 0 radical (unpaired) electrons. The molecule has 0 unspecified atom stereocenters. The van der Waals surface area contributed by atoms with Crippen LogP contribution in [0.15, 0.2) is 24.3 Å². The fourth-order valence-electron chi connectivity index (χ4n) is 4.23. The minimum absolute atomic E-state index is 0.351. The van der Waals surface area contributed by atoms with Gasteiger partial charge in [0.05, 0.1) is 12.1 Å². The van der Waals surface area contributed by atoms with Crippen molar-refractivity contribution in [1.29, 1.82) is 0 Å². The summed E-state index contributed by atoms with van der Waals surface area (Å²) in [6, 6.07) is 8.34. The third kappa shape index (κ3) is 5.00. The third-order valence-corrected chi connectivity index (χ3v) is 5.82. The van der Waals surface area contributed by atoms with E-state index in [0.29, 0.717) is 23.3 Å². The quantitative estimate of drug-likeness (QED) is 0.727. The zero-order valence-electron chi connectivity index (χ0n) is 16.9. The van der Waals surface area contributed by atoms with Gasteiger partial charge in [0.15, 0.2) is 0 Å². The summed E-state index contributed by atoms with van der Waals surface area (Å²) >= 11 is 0. The monoisotopic (exact) mass is 397 g/mol. The molecule has 4 nitrogen and oxygen atoms in total. The highest BCUT2D eigenvalue weighted by molar-refractivity contribution is 5.93. The highest BCUT2D eigenvalue weighted by atomic mass is 19.4. The summed E-state index contributed by atoms with van der Waals surface area (Å²) in [5.41, 5.74) is 2.19. The third-order valence-electron chi connectivity index (χ3n) is 5.82. The van der Waals surface area contributed by atoms with Crippen molar-refractivity contribution in [2.24, 2.45) is 0 Å². The van der Waals surface area contributed by atoms with Gasteiger partial charge in [0.2, 0.25) is 0 Å². The maximum atomic E-state index is 12.9. The van der Waals surface area contributed by atoms with Gasteiger partial charge in [0.1, 0.15) is 6.54 Å². The maximum Gasteiger partial charge on any atom is 0.406 e. The van der Waals surface area contributed by atoms with Crippen molar-refractivity contribution in [2.75, 3.05) is 32.6 Å². The number of aromatic nitrogens is 1. The first-order valence-electron chi connectivity index (χ1n) is 9.90. The molecule has 0 aliphatic heterocycles. The van der Waals surface area contributed by atoms with E-state index in [2.05, 4.69) is 17.3 Å². The highest BCUT2D eigenvalue weighted by Gasteiger charge is 2.30. The lowest BCUT2D eigenvalue weighted by Gasteiger charge is -2.35. The summed E-state index contributed by atoms with van der Waals surface area (Å²) in [5.74, 6) is 0. The second-order valence-electron chi connectivity index (χ2n) is 7.85. The topological polar surface area (TPSA) is 29.4 Å². The number of likely N-dealkylation sites (N-methyl/N-ethyl adjacent to an activating group) is 1. The molecule has 1 saturated carbocycles. The zero-order chi connectivity index (χ0) is 20.3. The van der Waals surface area contributed by atoms with E-state index in [1.807, 2.05) is 18.2 Å². The molecule has 1 fully saturated rings. The number of anilines is 1. The van der Waals surface area contributed by atoms with Gasteiger partial charge in [-0.05, 0) is 57.9 Å². The summed E-state index contributed by atoms with van der Waals surface area (Å²) in [4.78, 5) is 2.36. The van der Waals surface area contributed by atoms with Gasteiger partial charge < -0.3 is 19.5 Å². The Bertz CT molecular complexity index is 779. The molecule has 0 bridgehead atoms. The molecule has 7 heteroatoms. The summed E-state index contributed by atoms with van der Waals surface area (Å²) in [6.45, 7) is 2.46. The number of methoxy groups -OCH3 is 1. The predicted octanol–water partition coefficient (Wildman–Crippen LogP) is 4.81. The Kier molecular flexibility index (Phi) is 6.55. The van der Waals surface area contributed by atoms with Crippen LogP contribution in [0.5, 0.6) is 0 Å². The molecule has 2 aromatic rings. The molecule has 1 N–H and O–H groups in total. The van der Waals surface area contributed by atoms with E-state index < -0.39 is 12.7 Å². The Hall–Kier alpha value is -1.73. The van der Waals surface area contributed by atoms with E-state index in [4.69, 9.17) is 4.74 Å². The number of nitrogens with one attached hydrogen (secondary N) is 1. The molecule has 1 aliphatic rings. The molecule has 1 heterocycles. The van der Waals surface area contributed by atoms with Crippen LogP contribution in [0, 0.1) is 6.92 Å². The van der Waals surface area contributed by atoms with Gasteiger partial charge in [-0.1, -0.05) is 6.07 Å². The largest absolute Gasteiger partial charge is 0.406 e. The molecule has 156 valence electrons. The first-order valence-corrected chi connectivity index (χ1v) is 9.90. The number of alkyl halides is 3. The van der Waals surface area contributed by atoms with Gasteiger partial charge in [-0.2, -0.15) is 13.2 Å². The molecule has 1 aromatic carbocycles. The average molecular weight is 397 g/mol. The van der Waals surface area contributed by atoms with Crippen LogP contribution in [0.4, 0.5) is 18.9 Å². The number of rotatable bonds is 7. The van der Waals surface area contributed by atoms with E-state index >= 15 is 0 Å². The first kappa shape index (κ1) is 21.0. The number of benzene rings is 1. The summed E-state index contributed by atoms with van der Waals surface area (Å²) in [7, 11) is 3.86. The molecule has 3 rings (SSSR count). The Morgan fingerprint density at radius 3 is 2.57 bits per heavy atom. The number of fused-ring (bicyclic) bond motifs is 1. The van der Waals surface area contributed by atoms with E-state index in [1.54, 1.807) is 20.1 Å². The molecular formula is C21H30F3N3O. The molecule has 0 amide bonds. The summed E-state index contributed by atoms with van der Waals surface area (Å²) in [6.07, 6.45) is 0.110. The SMILES string of the molecule is COCCN(C)[C@H]1CC[C@@H](Nc2cccc3c2cc(C)n3CC(F)(F)F)CC1. The zero-order valence-corrected chi connectivity index (χ0v) is 16.9. The van der Waals surface area contributed by atoms with Crippen LogP contribution in [0.3, 0.4) is 0 Å². The van der Waals surface area contributed by atoms with Gasteiger partial charge in [-0.15, -0.1) is 0 Å². The molecule has 0 atom stereocenters. The van der Waals surface area contributed by atoms with E-state index in [-0.39, 0.29) is 0 Å². The molecule has 1 aliphatic carbocycles. The second-order valence-corrected chi connectivity index (χ2v) is 7.85. The molecule has 28 heavy (non-hydrogen) atoms. The fourth-order valence-corrected chi connectivity index (χ4v) is 4.23. The molecular weight excluding hydrogens is 367 g/mol. The van der Waals surface area contributed by atoms with Crippen molar-refractivity contribution in [3.63, 3.8) is 0 Å². The number of halogens is 3. The van der Waals surface area contributed by atoms with Crippen molar-refractivity contribution in [1.82, 2.24) is 9.47 Å². The minimum atomic E-state index is -4.23. The van der Waals surface area contributed by atoms with Gasteiger partial charge in [0, 0.05) is 42.5 Å². The van der Waals surface area contributed by atoms with Crippen LogP contribution in [0.25, 0.3) is 10.9 Å². The van der Waals surface area contributed by atoms with Crippen LogP contribution in [0.1, 0.15) is 31.4 Å². The summed E-state index contributed by atoms with van der Waals surface area (Å²) < 4.78 is 45.3. The lowest BCUT2D eigenvalue weighted by Crippen LogP contribution is -2.39. The second kappa shape index (κ2) is 8.74. The summed E-state index contributed by atoms with van der Waals surface area (Å²) in [5, 5.41) is 4.46. The van der Waals surface area contributed by atoms with Gasteiger partial charge >= 0.3 is 6.18 Å². The van der Waals surface area contributed by atoms with Crippen LogP contribution in [-0.2, 0) is 11.3 Å². The number of ether oxygens (including phenoxy) is 1. The van der Waals surface area contributed by atoms with E-state index in [0.717, 1.165) is 49.9 Å². The minimum Gasteiger partial charge on any atom is -0.383 e. The van der Waals surface area contributed by atoms with E-state index in [9.17, 15) is 13.2 Å². The van der Waals surface area contributed by atoms with Crippen molar-refractivity contribution >= 4 is 16.6 Å². The van der Waals surface area contributed by atoms with Crippen molar-refractivity contribution in [3.8, 4) is 0 Å². The van der Waals surface area contributed by atoms with Gasteiger partial charge in [-0.3, -0.25) is 0 Å². The normalized spacial score (nSPS) is 20.8. The van der Waals surface area contributed by atoms with Crippen LogP contribution < -0.4 is 5.32 Å². The number of hydrogen-bond donors (Lipinski definition) is 1. The van der Waals surface area contributed by atoms with Gasteiger partial charge in [0.25, 0.3) is 0 Å². The first-order chi connectivity index (χ1) is 13.3. The van der Waals surface area contributed by atoms with Crippen molar-refractivity contribution < 1.29 is 17.9 Å². The lowest BCUT2D eigenvalue weighted by atomic mass is 9.90. The highest BCUT2D eigenvalue weighted by Crippen LogP contribution is 2.32. The molecule has 1 aromatic heterocycles. The smallest absolute Gasteiger partial charge is 0.383 e. The maximum absolute atomic E-state index is 12.9. The Labute approximate surface area is 164 Å². The van der Waals surface area contributed by atoms with Crippen LogP contribution in [-0.4, -0.2) is 55.0 Å². The fraction of sp³-hybridized carbons (Fsp3) is 0.619. The Morgan fingerprint density at radius 1 is 1.21 bits per heavy atom. The average Bonchev–Trinajstić information content (AvgIpc) is 2.95. The number of nitrogens with zero attached hydrogens (tertiary/aromatic N) is 2. The van der Waals surface area contributed by atoms with Gasteiger partial charge in [-0.25, -0.2) is 0 Å². The molecule has 0 spiro atoms. The van der Waals surface area contributed by atoms with Crippen LogP contribution >= 0.6 is 0 Å². The Morgan fingerprint density at radius 2 is 1.93 bits per heavy atom. The van der Waals surface area contributed by atoms with Crippen molar-refractivity contribution in [2.45, 2.75) is 57.4 Å². The van der Waals surface area contributed by atoms with E-state index in [1.165, 1.54) is 4.57 Å². The lowest BCUT2D eigenvalue weighted by molar-refractivity contribution is -0.140. The Balaban J connectivity index is 1.68. The molecule has 0 saturated heterocycles. The predicted molar refractivity (Wildman–Crippen MR) is 107 cm³/mol. The number of hydrogen-bond acceptors (Lipinski definition) is 3. The van der Waals surface area contributed by atoms with Crippen LogP contribution in [0.2, 0.25) is 0 Å². The standard InChI is InChI=1S/C21H30F3N3O/c1-15-13-18-19(5-4-6-20(18)27(15)14-21(22,23)24)25-16-7-9-17(10-8-16)26(2)11-12-28-3/h4-6,13,16-17,25H,7-12,14H2,1-3H3/t16-,17+.